The van der Waals surface area contributed by atoms with E-state index in [0.717, 1.165) is 10.2 Å². The number of amides is 1. The van der Waals surface area contributed by atoms with Crippen LogP contribution in [-0.2, 0) is 4.79 Å². The van der Waals surface area contributed by atoms with Gasteiger partial charge in [0, 0.05) is 6.42 Å². The number of anilines is 1. The van der Waals surface area contributed by atoms with Crippen molar-refractivity contribution < 1.29 is 4.79 Å². The average molecular weight is 245 g/mol. The van der Waals surface area contributed by atoms with Gasteiger partial charge >= 0.3 is 0 Å². The number of thiazole rings is 1. The van der Waals surface area contributed by atoms with Gasteiger partial charge in [0.15, 0.2) is 5.13 Å². The molecule has 0 saturated heterocycles. The number of hydrogen-bond acceptors (Lipinski definition) is 4. The highest BCUT2D eigenvalue weighted by atomic mass is 32.1. The number of nitrogens with one attached hydrogen (secondary N) is 1. The van der Waals surface area contributed by atoms with Crippen molar-refractivity contribution in [3.8, 4) is 12.3 Å². The van der Waals surface area contributed by atoms with Crippen LogP contribution in [0.15, 0.2) is 24.3 Å². The fraction of sp³-hybridized carbons (Fsp3) is 0.167. The minimum absolute atomic E-state index is 0.219. The van der Waals surface area contributed by atoms with E-state index in [1.807, 2.05) is 24.3 Å². The third kappa shape index (κ3) is 2.61. The molecule has 1 aromatic heterocycles. The summed E-state index contributed by atoms with van der Waals surface area (Å²) in [6, 6.07) is 6.98. The number of aromatic nitrogens is 1. The van der Waals surface area contributed by atoms with Gasteiger partial charge in [0.2, 0.25) is 5.91 Å². The Morgan fingerprint density at radius 3 is 3.06 bits per heavy atom. The summed E-state index contributed by atoms with van der Waals surface area (Å²) in [6.45, 7) is 0. The molecule has 86 valence electrons. The van der Waals surface area contributed by atoms with Gasteiger partial charge in [-0.25, -0.2) is 4.98 Å². The number of nitrogens with zero attached hydrogens (tertiary/aromatic N) is 1. The van der Waals surface area contributed by atoms with E-state index < -0.39 is 6.04 Å². The Labute approximate surface area is 103 Å². The van der Waals surface area contributed by atoms with Crippen LogP contribution in [0.1, 0.15) is 6.42 Å². The van der Waals surface area contributed by atoms with Crippen molar-refractivity contribution in [1.82, 2.24) is 4.98 Å². The topological polar surface area (TPSA) is 68.0 Å². The maximum atomic E-state index is 11.6. The van der Waals surface area contributed by atoms with Crippen molar-refractivity contribution in [2.75, 3.05) is 5.32 Å². The van der Waals surface area contributed by atoms with Crippen molar-refractivity contribution in [2.24, 2.45) is 5.73 Å². The van der Waals surface area contributed by atoms with Crippen LogP contribution >= 0.6 is 11.3 Å². The van der Waals surface area contributed by atoms with Crippen LogP contribution in [0.3, 0.4) is 0 Å². The largest absolute Gasteiger partial charge is 0.319 e. The average Bonchev–Trinajstić information content (AvgIpc) is 2.71. The lowest BCUT2D eigenvalue weighted by atomic mass is 10.2. The van der Waals surface area contributed by atoms with Crippen molar-refractivity contribution >= 4 is 32.6 Å². The van der Waals surface area contributed by atoms with E-state index in [1.165, 1.54) is 11.3 Å². The highest BCUT2D eigenvalue weighted by molar-refractivity contribution is 7.22. The summed E-state index contributed by atoms with van der Waals surface area (Å²) in [5.74, 6) is 2.05. The minimum atomic E-state index is -0.688. The molecule has 3 N–H and O–H groups in total. The molecule has 2 rings (SSSR count). The smallest absolute Gasteiger partial charge is 0.244 e. The van der Waals surface area contributed by atoms with Crippen molar-refractivity contribution in [3.05, 3.63) is 24.3 Å². The number of rotatable bonds is 3. The Kier molecular flexibility index (Phi) is 3.38. The van der Waals surface area contributed by atoms with Crippen LogP contribution < -0.4 is 11.1 Å². The van der Waals surface area contributed by atoms with Crippen LogP contribution in [-0.4, -0.2) is 16.9 Å². The SMILES string of the molecule is C#CCC(N)C(=O)Nc1nc2ccccc2s1. The number of nitrogens with two attached hydrogens (primary N) is 1. The number of terminal acetylenes is 1. The quantitative estimate of drug-likeness (QED) is 0.807. The molecule has 5 heteroatoms. The van der Waals surface area contributed by atoms with Crippen molar-refractivity contribution in [2.45, 2.75) is 12.5 Å². The van der Waals surface area contributed by atoms with E-state index >= 15 is 0 Å². The number of carbonyl (C=O) groups is 1. The van der Waals surface area contributed by atoms with Crippen LogP contribution in [0.5, 0.6) is 0 Å². The number of hydrogen-bond donors (Lipinski definition) is 2. The van der Waals surface area contributed by atoms with Gasteiger partial charge in [-0.2, -0.15) is 0 Å². The summed E-state index contributed by atoms with van der Waals surface area (Å²) in [5, 5.41) is 3.21. The molecule has 0 bridgehead atoms. The zero-order chi connectivity index (χ0) is 12.3. The highest BCUT2D eigenvalue weighted by Crippen LogP contribution is 2.25. The molecule has 1 heterocycles. The summed E-state index contributed by atoms with van der Waals surface area (Å²) < 4.78 is 1.02. The molecule has 1 aromatic carbocycles. The standard InChI is InChI=1S/C12H11N3OS/c1-2-5-8(13)11(16)15-12-14-9-6-3-4-7-10(9)17-12/h1,3-4,6-8H,5,13H2,(H,14,15,16). The molecule has 1 atom stereocenters. The Morgan fingerprint density at radius 1 is 1.59 bits per heavy atom. The molecule has 4 nitrogen and oxygen atoms in total. The minimum Gasteiger partial charge on any atom is -0.319 e. The molecule has 1 amide bonds. The molecule has 0 aliphatic heterocycles. The van der Waals surface area contributed by atoms with Gasteiger partial charge < -0.3 is 11.1 Å². The first kappa shape index (κ1) is 11.6. The van der Waals surface area contributed by atoms with Crippen LogP contribution in [0.4, 0.5) is 5.13 Å². The van der Waals surface area contributed by atoms with Gasteiger partial charge in [-0.05, 0) is 12.1 Å². The van der Waals surface area contributed by atoms with E-state index in [-0.39, 0.29) is 12.3 Å². The summed E-state index contributed by atoms with van der Waals surface area (Å²) in [4.78, 5) is 15.9. The fourth-order valence-electron chi connectivity index (χ4n) is 1.34. The van der Waals surface area contributed by atoms with Crippen LogP contribution in [0, 0.1) is 12.3 Å². The van der Waals surface area contributed by atoms with Gasteiger partial charge in [0.1, 0.15) is 0 Å². The second kappa shape index (κ2) is 4.95. The third-order valence-electron chi connectivity index (χ3n) is 2.20. The van der Waals surface area contributed by atoms with Gasteiger partial charge in [-0.1, -0.05) is 23.5 Å². The fourth-order valence-corrected chi connectivity index (χ4v) is 2.21. The molecule has 0 radical (unpaired) electrons. The molecule has 17 heavy (non-hydrogen) atoms. The summed E-state index contributed by atoms with van der Waals surface area (Å²) in [7, 11) is 0. The molecule has 1 unspecified atom stereocenters. The third-order valence-corrected chi connectivity index (χ3v) is 3.15. The Bertz CT molecular complexity index is 552. The zero-order valence-corrected chi connectivity index (χ0v) is 9.83. The summed E-state index contributed by atoms with van der Waals surface area (Å²) >= 11 is 1.41. The van der Waals surface area contributed by atoms with E-state index in [2.05, 4.69) is 16.2 Å². The number of benzene rings is 1. The van der Waals surface area contributed by atoms with Gasteiger partial charge in [-0.3, -0.25) is 4.79 Å². The van der Waals surface area contributed by atoms with Gasteiger partial charge in [0.05, 0.1) is 16.3 Å². The Morgan fingerprint density at radius 2 is 2.35 bits per heavy atom. The van der Waals surface area contributed by atoms with E-state index in [0.29, 0.717) is 5.13 Å². The maximum Gasteiger partial charge on any atom is 0.244 e. The second-order valence-corrected chi connectivity index (χ2v) is 4.52. The molecule has 0 aliphatic rings. The second-order valence-electron chi connectivity index (χ2n) is 3.49. The zero-order valence-electron chi connectivity index (χ0n) is 9.01. The number of fused-ring (bicyclic) bond motifs is 1. The molecule has 0 saturated carbocycles. The molecule has 0 spiro atoms. The maximum absolute atomic E-state index is 11.6. The normalized spacial score (nSPS) is 12.0. The van der Waals surface area contributed by atoms with Crippen LogP contribution in [0.2, 0.25) is 0 Å². The first-order chi connectivity index (χ1) is 8.20. The summed E-state index contributed by atoms with van der Waals surface area (Å²) in [6.07, 6.45) is 5.32. The summed E-state index contributed by atoms with van der Waals surface area (Å²) in [5.41, 5.74) is 6.45. The highest BCUT2D eigenvalue weighted by Gasteiger charge is 2.14. The van der Waals surface area contributed by atoms with E-state index in [4.69, 9.17) is 12.2 Å². The monoisotopic (exact) mass is 245 g/mol. The number of carbonyl (C=O) groups excluding carboxylic acids is 1. The van der Waals surface area contributed by atoms with Gasteiger partial charge in [-0.15, -0.1) is 12.3 Å². The van der Waals surface area contributed by atoms with Gasteiger partial charge in [0.25, 0.3) is 0 Å². The first-order valence-electron chi connectivity index (χ1n) is 5.06. The van der Waals surface area contributed by atoms with Crippen LogP contribution in [0.25, 0.3) is 10.2 Å². The van der Waals surface area contributed by atoms with E-state index in [1.54, 1.807) is 0 Å². The first-order valence-corrected chi connectivity index (χ1v) is 5.88. The predicted molar refractivity (Wildman–Crippen MR) is 69.7 cm³/mol. The lowest BCUT2D eigenvalue weighted by Gasteiger charge is -2.06. The lowest BCUT2D eigenvalue weighted by Crippen LogP contribution is -2.35. The Balaban J connectivity index is 2.14. The lowest BCUT2D eigenvalue weighted by molar-refractivity contribution is -0.117. The molecule has 2 aromatic rings. The molecular weight excluding hydrogens is 234 g/mol. The number of para-hydroxylation sites is 1. The van der Waals surface area contributed by atoms with Crippen molar-refractivity contribution in [3.63, 3.8) is 0 Å². The molecule has 0 aliphatic carbocycles. The molecule has 0 fully saturated rings. The van der Waals surface area contributed by atoms with E-state index in [9.17, 15) is 4.79 Å². The Hall–Kier alpha value is -1.90. The van der Waals surface area contributed by atoms with Crippen molar-refractivity contribution in [1.29, 1.82) is 0 Å². The predicted octanol–water partition coefficient (Wildman–Crippen LogP) is 1.59. The molecular formula is C12H11N3OS.